The second-order valence-electron chi connectivity index (χ2n) is 3.73. The van der Waals surface area contributed by atoms with Crippen molar-refractivity contribution >= 4 is 49.1 Å². The molecule has 9 heteroatoms. The molecule has 0 aliphatic heterocycles. The summed E-state index contributed by atoms with van der Waals surface area (Å²) < 4.78 is 31.9. The molecule has 0 bridgehead atoms. The number of halogens is 1. The Morgan fingerprint density at radius 2 is 2.25 bits per heavy atom. The lowest BCUT2D eigenvalue weighted by molar-refractivity contribution is -0.141. The molecule has 1 N–H and O–H groups in total. The molecule has 0 saturated carbocycles. The first kappa shape index (κ1) is 15.2. The molecular weight excluding hydrogens is 324 g/mol. The molecule has 0 saturated heterocycles. The Balaban J connectivity index is 2.20. The zero-order chi connectivity index (χ0) is 14.8. The zero-order valence-corrected chi connectivity index (χ0v) is 12.8. The van der Waals surface area contributed by atoms with Gasteiger partial charge in [0.1, 0.15) is 6.54 Å². The molecule has 2 rings (SSSR count). The lowest BCUT2D eigenvalue weighted by Crippen LogP contribution is -2.30. The van der Waals surface area contributed by atoms with Crippen LogP contribution in [-0.2, 0) is 19.6 Å². The summed E-state index contributed by atoms with van der Waals surface area (Å²) in [6.45, 7) is 1.44. The van der Waals surface area contributed by atoms with E-state index in [9.17, 15) is 13.2 Å². The molecule has 20 heavy (non-hydrogen) atoms. The topological polar surface area (TPSA) is 85.4 Å². The number of benzene rings is 1. The van der Waals surface area contributed by atoms with Gasteiger partial charge in [-0.3, -0.25) is 4.79 Å². The summed E-state index contributed by atoms with van der Waals surface area (Å²) in [6, 6.07) is 4.44. The highest BCUT2D eigenvalue weighted by Gasteiger charge is 2.17. The normalized spacial score (nSPS) is 11.7. The number of nitrogens with zero attached hydrogens (tertiary/aromatic N) is 1. The molecule has 0 aliphatic rings. The van der Waals surface area contributed by atoms with Gasteiger partial charge in [0, 0.05) is 0 Å². The van der Waals surface area contributed by atoms with E-state index in [0.29, 0.717) is 14.7 Å². The highest BCUT2D eigenvalue weighted by atomic mass is 35.5. The van der Waals surface area contributed by atoms with E-state index in [1.807, 2.05) is 0 Å². The van der Waals surface area contributed by atoms with E-state index in [-0.39, 0.29) is 11.5 Å². The van der Waals surface area contributed by atoms with Gasteiger partial charge in [0.05, 0.1) is 21.7 Å². The molecule has 0 spiro atoms. The van der Waals surface area contributed by atoms with Crippen LogP contribution in [0, 0.1) is 0 Å². The number of ether oxygens (including phenoxy) is 1. The van der Waals surface area contributed by atoms with Crippen molar-refractivity contribution in [2.75, 3.05) is 13.2 Å². The number of aromatic nitrogens is 1. The van der Waals surface area contributed by atoms with Crippen LogP contribution in [0.1, 0.15) is 6.92 Å². The van der Waals surface area contributed by atoms with Crippen LogP contribution in [0.15, 0.2) is 23.1 Å². The van der Waals surface area contributed by atoms with Gasteiger partial charge < -0.3 is 4.74 Å². The zero-order valence-electron chi connectivity index (χ0n) is 10.4. The van der Waals surface area contributed by atoms with E-state index in [1.165, 1.54) is 23.5 Å². The maximum absolute atomic E-state index is 12.0. The Morgan fingerprint density at radius 3 is 2.95 bits per heavy atom. The van der Waals surface area contributed by atoms with Crippen LogP contribution in [0.5, 0.6) is 0 Å². The molecular formula is C11H11ClN2O4S2. The van der Waals surface area contributed by atoms with Crippen LogP contribution in [-0.4, -0.2) is 32.5 Å². The molecule has 2 aromatic rings. The van der Waals surface area contributed by atoms with Crippen LogP contribution >= 0.6 is 22.9 Å². The van der Waals surface area contributed by atoms with Gasteiger partial charge in [0.25, 0.3) is 0 Å². The van der Waals surface area contributed by atoms with Gasteiger partial charge in [-0.05, 0) is 25.1 Å². The molecule has 6 nitrogen and oxygen atoms in total. The predicted octanol–water partition coefficient (Wildman–Crippen LogP) is 1.79. The summed E-state index contributed by atoms with van der Waals surface area (Å²) >= 11 is 6.95. The lowest BCUT2D eigenvalue weighted by atomic mass is 10.3. The molecule has 0 atom stereocenters. The molecule has 0 unspecified atom stereocenters. The van der Waals surface area contributed by atoms with E-state index in [0.717, 1.165) is 0 Å². The van der Waals surface area contributed by atoms with Crippen molar-refractivity contribution in [3.8, 4) is 0 Å². The largest absolute Gasteiger partial charge is 0.465 e. The maximum atomic E-state index is 12.0. The second-order valence-corrected chi connectivity index (χ2v) is 7.11. The molecule has 1 aromatic heterocycles. The molecule has 1 aromatic carbocycles. The second kappa shape index (κ2) is 6.04. The third-order valence-electron chi connectivity index (χ3n) is 2.36. The highest BCUT2D eigenvalue weighted by Crippen LogP contribution is 2.27. The quantitative estimate of drug-likeness (QED) is 0.842. The summed E-state index contributed by atoms with van der Waals surface area (Å²) in [5, 5.41) is 0. The van der Waals surface area contributed by atoms with Gasteiger partial charge in [0.2, 0.25) is 10.0 Å². The van der Waals surface area contributed by atoms with Crippen molar-refractivity contribution in [1.82, 2.24) is 9.71 Å². The highest BCUT2D eigenvalue weighted by molar-refractivity contribution is 7.89. The van der Waals surface area contributed by atoms with Gasteiger partial charge in [-0.15, -0.1) is 11.3 Å². The van der Waals surface area contributed by atoms with Crippen LogP contribution < -0.4 is 4.72 Å². The number of thiazole rings is 1. The van der Waals surface area contributed by atoms with E-state index < -0.39 is 22.5 Å². The van der Waals surface area contributed by atoms with Crippen LogP contribution in [0.25, 0.3) is 10.2 Å². The third kappa shape index (κ3) is 3.45. The van der Waals surface area contributed by atoms with E-state index in [1.54, 1.807) is 13.0 Å². The van der Waals surface area contributed by atoms with Gasteiger partial charge in [-0.1, -0.05) is 11.6 Å². The number of sulfonamides is 1. The van der Waals surface area contributed by atoms with Crippen LogP contribution in [0.4, 0.5) is 0 Å². The molecule has 0 aliphatic carbocycles. The average Bonchev–Trinajstić information content (AvgIpc) is 2.76. The fraction of sp³-hybridized carbons (Fsp3) is 0.273. The van der Waals surface area contributed by atoms with Gasteiger partial charge in [-0.2, -0.15) is 4.72 Å². The smallest absolute Gasteiger partial charge is 0.321 e. The van der Waals surface area contributed by atoms with E-state index in [4.69, 9.17) is 11.6 Å². The number of nitrogens with one attached hydrogen (secondary N) is 1. The maximum Gasteiger partial charge on any atom is 0.321 e. The Labute approximate surface area is 124 Å². The first-order valence-electron chi connectivity index (χ1n) is 5.64. The minimum absolute atomic E-state index is 0.0506. The molecule has 0 fully saturated rings. The molecule has 0 amide bonds. The summed E-state index contributed by atoms with van der Waals surface area (Å²) in [5.41, 5.74) is 0.629. The van der Waals surface area contributed by atoms with E-state index >= 15 is 0 Å². The minimum Gasteiger partial charge on any atom is -0.465 e. The number of fused-ring (bicyclic) bond motifs is 1. The summed E-state index contributed by atoms with van der Waals surface area (Å²) in [7, 11) is -3.77. The fourth-order valence-electron chi connectivity index (χ4n) is 1.49. The number of hydrogen-bond donors (Lipinski definition) is 1. The number of rotatable bonds is 5. The molecule has 1 heterocycles. The number of carbonyl (C=O) groups excluding carboxylic acids is 1. The average molecular weight is 335 g/mol. The Kier molecular flexibility index (Phi) is 4.59. The van der Waals surface area contributed by atoms with E-state index in [2.05, 4.69) is 14.4 Å². The van der Waals surface area contributed by atoms with Crippen molar-refractivity contribution in [1.29, 1.82) is 0 Å². The van der Waals surface area contributed by atoms with Crippen LogP contribution in [0.2, 0.25) is 4.47 Å². The predicted molar refractivity (Wildman–Crippen MR) is 76.5 cm³/mol. The van der Waals surface area contributed by atoms with Crippen molar-refractivity contribution in [3.05, 3.63) is 22.7 Å². The summed E-state index contributed by atoms with van der Waals surface area (Å²) in [6.07, 6.45) is 0. The van der Waals surface area contributed by atoms with Crippen molar-refractivity contribution < 1.29 is 17.9 Å². The molecule has 0 radical (unpaired) electrons. The first-order valence-corrected chi connectivity index (χ1v) is 8.31. The standard InChI is InChI=1S/C11H11ClN2O4S2/c1-2-18-10(15)6-13-20(16,17)7-3-4-8-9(5-7)19-11(12)14-8/h3-5,13H,2,6H2,1H3. The van der Waals surface area contributed by atoms with Gasteiger partial charge in [0.15, 0.2) is 4.47 Å². The SMILES string of the molecule is CCOC(=O)CNS(=O)(=O)c1ccc2nc(Cl)sc2c1. The minimum atomic E-state index is -3.77. The van der Waals surface area contributed by atoms with Gasteiger partial charge in [-0.25, -0.2) is 13.4 Å². The third-order valence-corrected chi connectivity index (χ3v) is 4.88. The Bertz CT molecular complexity index is 742. The molecule has 108 valence electrons. The van der Waals surface area contributed by atoms with Gasteiger partial charge >= 0.3 is 5.97 Å². The fourth-order valence-corrected chi connectivity index (χ4v) is 3.63. The Hall–Kier alpha value is -1.22. The van der Waals surface area contributed by atoms with Crippen LogP contribution in [0.3, 0.4) is 0 Å². The number of esters is 1. The van der Waals surface area contributed by atoms with Crippen molar-refractivity contribution in [2.45, 2.75) is 11.8 Å². The van der Waals surface area contributed by atoms with Crippen molar-refractivity contribution in [2.24, 2.45) is 0 Å². The summed E-state index contributed by atoms with van der Waals surface area (Å²) in [4.78, 5) is 15.2. The Morgan fingerprint density at radius 1 is 1.50 bits per heavy atom. The lowest BCUT2D eigenvalue weighted by Gasteiger charge is -2.06. The summed E-state index contributed by atoms with van der Waals surface area (Å²) in [5.74, 6) is -0.627. The number of hydrogen-bond acceptors (Lipinski definition) is 6. The first-order chi connectivity index (χ1) is 9.42. The monoisotopic (exact) mass is 334 g/mol. The van der Waals surface area contributed by atoms with Crippen molar-refractivity contribution in [3.63, 3.8) is 0 Å². The number of carbonyl (C=O) groups is 1.